The van der Waals surface area contributed by atoms with Crippen molar-refractivity contribution in [1.29, 1.82) is 0 Å². The highest BCUT2D eigenvalue weighted by Crippen LogP contribution is 2.50. The molecule has 1 N–H and O–H groups in total. The number of ether oxygens (including phenoxy) is 2. The van der Waals surface area contributed by atoms with Crippen LogP contribution in [0, 0.1) is 5.92 Å². The first-order chi connectivity index (χ1) is 11.7. The molecule has 5 heteroatoms. The van der Waals surface area contributed by atoms with E-state index in [4.69, 9.17) is 9.47 Å². The molecule has 1 saturated heterocycles. The molecule has 0 aliphatic carbocycles. The van der Waals surface area contributed by atoms with Crippen molar-refractivity contribution in [1.82, 2.24) is 0 Å². The predicted molar refractivity (Wildman–Crippen MR) is 95.1 cm³/mol. The molecule has 124 valence electrons. The number of nitrogens with one attached hydrogen (secondary N) is 1. The third kappa shape index (κ3) is 2.52. The second-order valence-corrected chi connectivity index (χ2v) is 7.10. The molecule has 0 bridgehead atoms. The van der Waals surface area contributed by atoms with Gasteiger partial charge in [0.1, 0.15) is 0 Å². The van der Waals surface area contributed by atoms with Gasteiger partial charge in [-0.25, -0.2) is 4.79 Å². The van der Waals surface area contributed by atoms with E-state index in [1.807, 2.05) is 24.3 Å². The van der Waals surface area contributed by atoms with Crippen LogP contribution < -0.4 is 5.32 Å². The fourth-order valence-electron chi connectivity index (χ4n) is 3.81. The van der Waals surface area contributed by atoms with Crippen molar-refractivity contribution in [2.24, 2.45) is 5.92 Å². The van der Waals surface area contributed by atoms with Gasteiger partial charge in [-0.15, -0.1) is 0 Å². The van der Waals surface area contributed by atoms with Gasteiger partial charge in [-0.05, 0) is 30.2 Å². The van der Waals surface area contributed by atoms with Gasteiger partial charge in [-0.2, -0.15) is 0 Å². The summed E-state index contributed by atoms with van der Waals surface area (Å²) < 4.78 is 12.0. The molecule has 4 nitrogen and oxygen atoms in total. The van der Waals surface area contributed by atoms with Crippen molar-refractivity contribution < 1.29 is 14.3 Å². The first kappa shape index (κ1) is 15.7. The molecule has 0 amide bonds. The number of para-hydroxylation sites is 1. The summed E-state index contributed by atoms with van der Waals surface area (Å²) in [5.41, 5.74) is 3.63. The Morgan fingerprint density at radius 1 is 1.29 bits per heavy atom. The number of fused-ring (bicyclic) bond motifs is 3. The highest BCUT2D eigenvalue weighted by molar-refractivity contribution is 9.10. The number of benzene rings is 2. The van der Waals surface area contributed by atoms with Crippen LogP contribution >= 0.6 is 15.9 Å². The smallest absolute Gasteiger partial charge is 0.339 e. The Labute approximate surface area is 149 Å². The molecule has 0 radical (unpaired) electrons. The minimum absolute atomic E-state index is 0.00911. The number of carbonyl (C=O) groups is 1. The van der Waals surface area contributed by atoms with E-state index in [9.17, 15) is 4.79 Å². The van der Waals surface area contributed by atoms with Gasteiger partial charge in [0.25, 0.3) is 0 Å². The van der Waals surface area contributed by atoms with E-state index in [-0.39, 0.29) is 18.1 Å². The minimum Gasteiger partial charge on any atom is -0.465 e. The van der Waals surface area contributed by atoms with Gasteiger partial charge >= 0.3 is 5.97 Å². The summed E-state index contributed by atoms with van der Waals surface area (Å²) in [7, 11) is 1.41. The fraction of sp³-hybridized carbons (Fsp3) is 0.316. The van der Waals surface area contributed by atoms with Crippen LogP contribution in [0.5, 0.6) is 0 Å². The topological polar surface area (TPSA) is 47.6 Å². The van der Waals surface area contributed by atoms with Gasteiger partial charge in [0.05, 0.1) is 30.5 Å². The minimum atomic E-state index is -0.330. The zero-order chi connectivity index (χ0) is 16.7. The summed E-state index contributed by atoms with van der Waals surface area (Å²) in [4.78, 5) is 12.2. The van der Waals surface area contributed by atoms with Crippen molar-refractivity contribution in [2.75, 3.05) is 19.0 Å². The number of halogens is 1. The van der Waals surface area contributed by atoms with Gasteiger partial charge < -0.3 is 14.8 Å². The lowest BCUT2D eigenvalue weighted by molar-refractivity contribution is 0.0598. The van der Waals surface area contributed by atoms with Crippen LogP contribution in [0.2, 0.25) is 0 Å². The number of hydrogen-bond acceptors (Lipinski definition) is 4. The SMILES string of the molecule is COC(=O)c1cccc2c1N[C@@H](c1cccc(Br)c1)[C@H]1CCO[C@@H]21. The second-order valence-electron chi connectivity index (χ2n) is 6.18. The maximum atomic E-state index is 12.2. The largest absolute Gasteiger partial charge is 0.465 e. The second kappa shape index (κ2) is 6.22. The van der Waals surface area contributed by atoms with Crippen LogP contribution in [-0.4, -0.2) is 19.7 Å². The molecular formula is C19H18BrNO3. The zero-order valence-corrected chi connectivity index (χ0v) is 14.9. The van der Waals surface area contributed by atoms with E-state index in [0.29, 0.717) is 11.5 Å². The Bertz CT molecular complexity index is 792. The Balaban J connectivity index is 1.82. The molecule has 0 saturated carbocycles. The molecule has 3 atom stereocenters. The maximum absolute atomic E-state index is 12.2. The van der Waals surface area contributed by atoms with Crippen molar-refractivity contribution in [3.05, 3.63) is 63.6 Å². The highest BCUT2D eigenvalue weighted by atomic mass is 79.9. The number of carbonyl (C=O) groups excluding carboxylic acids is 1. The summed E-state index contributed by atoms with van der Waals surface area (Å²) >= 11 is 3.55. The summed E-state index contributed by atoms with van der Waals surface area (Å²) in [5.74, 6) is 0.0171. The van der Waals surface area contributed by atoms with E-state index in [0.717, 1.165) is 28.8 Å². The molecule has 0 unspecified atom stereocenters. The Morgan fingerprint density at radius 2 is 2.12 bits per heavy atom. The average molecular weight is 388 g/mol. The quantitative estimate of drug-likeness (QED) is 0.771. The van der Waals surface area contributed by atoms with Gasteiger partial charge in [-0.3, -0.25) is 0 Å². The lowest BCUT2D eigenvalue weighted by Gasteiger charge is -2.37. The van der Waals surface area contributed by atoms with Crippen molar-refractivity contribution >= 4 is 27.6 Å². The van der Waals surface area contributed by atoms with Gasteiger partial charge in [0.15, 0.2) is 0 Å². The average Bonchev–Trinajstić information content (AvgIpc) is 3.09. The third-order valence-corrected chi connectivity index (χ3v) is 5.38. The molecule has 2 aliphatic heterocycles. The molecule has 2 aromatic rings. The van der Waals surface area contributed by atoms with Crippen LogP contribution in [0.25, 0.3) is 0 Å². The first-order valence-electron chi connectivity index (χ1n) is 8.04. The van der Waals surface area contributed by atoms with Gasteiger partial charge in [0, 0.05) is 22.6 Å². The van der Waals surface area contributed by atoms with Crippen molar-refractivity contribution in [3.63, 3.8) is 0 Å². The summed E-state index contributed by atoms with van der Waals surface area (Å²) in [5, 5.41) is 3.59. The van der Waals surface area contributed by atoms with E-state index in [1.54, 1.807) is 6.07 Å². The van der Waals surface area contributed by atoms with Crippen LogP contribution in [0.3, 0.4) is 0 Å². The Morgan fingerprint density at radius 3 is 2.92 bits per heavy atom. The molecule has 24 heavy (non-hydrogen) atoms. The van der Waals surface area contributed by atoms with E-state index in [2.05, 4.69) is 33.4 Å². The molecule has 2 heterocycles. The first-order valence-corrected chi connectivity index (χ1v) is 8.83. The lowest BCUT2D eigenvalue weighted by atomic mass is 9.80. The van der Waals surface area contributed by atoms with E-state index in [1.165, 1.54) is 12.7 Å². The standard InChI is InChI=1S/C19H18BrNO3/c1-23-19(22)15-7-3-6-13-17(15)21-16(14-8-9-24-18(13)14)11-4-2-5-12(20)10-11/h2-7,10,14,16,18,21H,8-9H2,1H3/t14-,16+,18+/m1/s1. The molecule has 2 aromatic carbocycles. The zero-order valence-electron chi connectivity index (χ0n) is 13.3. The Hall–Kier alpha value is -1.85. The van der Waals surface area contributed by atoms with Crippen LogP contribution in [0.1, 0.15) is 40.1 Å². The number of methoxy groups -OCH3 is 1. The van der Waals surface area contributed by atoms with Crippen LogP contribution in [-0.2, 0) is 9.47 Å². The molecule has 0 aromatic heterocycles. The van der Waals surface area contributed by atoms with Gasteiger partial charge in [-0.1, -0.05) is 40.2 Å². The number of hydrogen-bond donors (Lipinski definition) is 1. The number of esters is 1. The predicted octanol–water partition coefficient (Wildman–Crippen LogP) is 4.48. The number of anilines is 1. The normalized spacial score (nSPS) is 24.7. The summed E-state index contributed by atoms with van der Waals surface area (Å²) in [6.07, 6.45) is 1.01. The molecule has 1 fully saturated rings. The molecule has 4 rings (SSSR count). The molecule has 0 spiro atoms. The highest BCUT2D eigenvalue weighted by Gasteiger charge is 2.42. The fourth-order valence-corrected chi connectivity index (χ4v) is 4.23. The summed E-state index contributed by atoms with van der Waals surface area (Å²) in [6.45, 7) is 0.739. The van der Waals surface area contributed by atoms with E-state index >= 15 is 0 Å². The monoisotopic (exact) mass is 387 g/mol. The number of rotatable bonds is 2. The third-order valence-electron chi connectivity index (χ3n) is 4.88. The van der Waals surface area contributed by atoms with Crippen LogP contribution in [0.4, 0.5) is 5.69 Å². The maximum Gasteiger partial charge on any atom is 0.339 e. The molecule has 2 aliphatic rings. The van der Waals surface area contributed by atoms with E-state index < -0.39 is 0 Å². The van der Waals surface area contributed by atoms with Crippen molar-refractivity contribution in [2.45, 2.75) is 18.6 Å². The van der Waals surface area contributed by atoms with Crippen LogP contribution in [0.15, 0.2) is 46.9 Å². The van der Waals surface area contributed by atoms with Crippen molar-refractivity contribution in [3.8, 4) is 0 Å². The Kier molecular flexibility index (Phi) is 4.06. The van der Waals surface area contributed by atoms with Gasteiger partial charge in [0.2, 0.25) is 0 Å². The lowest BCUT2D eigenvalue weighted by Crippen LogP contribution is -2.30. The molecular weight excluding hydrogens is 370 g/mol. The summed E-state index contributed by atoms with van der Waals surface area (Å²) in [6, 6.07) is 14.1.